The lowest BCUT2D eigenvalue weighted by atomic mass is 10.1. The van der Waals surface area contributed by atoms with Crippen molar-refractivity contribution in [1.82, 2.24) is 10.3 Å². The summed E-state index contributed by atoms with van der Waals surface area (Å²) < 4.78 is 4.88. The summed E-state index contributed by atoms with van der Waals surface area (Å²) in [5, 5.41) is 12.8. The number of methoxy groups -OCH3 is 1. The van der Waals surface area contributed by atoms with E-state index in [0.717, 1.165) is 12.1 Å². The third kappa shape index (κ3) is 3.83. The SMILES string of the molecule is COCCNCC(O)c1ccncc1. The van der Waals surface area contributed by atoms with Gasteiger partial charge in [-0.1, -0.05) is 0 Å². The molecule has 0 fully saturated rings. The topological polar surface area (TPSA) is 54.4 Å². The van der Waals surface area contributed by atoms with Crippen molar-refractivity contribution in [2.45, 2.75) is 6.10 Å². The molecule has 0 amide bonds. The van der Waals surface area contributed by atoms with Gasteiger partial charge in [-0.2, -0.15) is 0 Å². The highest BCUT2D eigenvalue weighted by Crippen LogP contribution is 2.08. The maximum Gasteiger partial charge on any atom is 0.0915 e. The predicted octanol–water partition coefficient (Wildman–Crippen LogP) is 0.351. The van der Waals surface area contributed by atoms with E-state index in [0.29, 0.717) is 13.2 Å². The van der Waals surface area contributed by atoms with Crippen molar-refractivity contribution in [2.75, 3.05) is 26.8 Å². The van der Waals surface area contributed by atoms with Crippen LogP contribution in [-0.2, 0) is 4.74 Å². The van der Waals surface area contributed by atoms with Gasteiger partial charge in [-0.3, -0.25) is 4.98 Å². The Morgan fingerprint density at radius 1 is 1.50 bits per heavy atom. The van der Waals surface area contributed by atoms with Gasteiger partial charge in [0.25, 0.3) is 0 Å². The average Bonchev–Trinajstić information content (AvgIpc) is 2.25. The minimum atomic E-state index is -0.477. The zero-order chi connectivity index (χ0) is 10.2. The Bertz CT molecular complexity index is 241. The Labute approximate surface area is 83.9 Å². The maximum atomic E-state index is 9.69. The Hall–Kier alpha value is -0.970. The molecular formula is C10H16N2O2. The molecule has 0 aliphatic rings. The van der Waals surface area contributed by atoms with Crippen LogP contribution in [0.2, 0.25) is 0 Å². The molecule has 0 saturated carbocycles. The van der Waals surface area contributed by atoms with Gasteiger partial charge < -0.3 is 15.2 Å². The van der Waals surface area contributed by atoms with Crippen LogP contribution in [0, 0.1) is 0 Å². The minimum absolute atomic E-state index is 0.477. The lowest BCUT2D eigenvalue weighted by Gasteiger charge is -2.11. The molecule has 0 aliphatic heterocycles. The second-order valence-electron chi connectivity index (χ2n) is 2.99. The second-order valence-corrected chi connectivity index (χ2v) is 2.99. The number of hydrogen-bond acceptors (Lipinski definition) is 4. The van der Waals surface area contributed by atoms with Gasteiger partial charge in [0.05, 0.1) is 12.7 Å². The van der Waals surface area contributed by atoms with Crippen molar-refractivity contribution in [3.63, 3.8) is 0 Å². The van der Waals surface area contributed by atoms with E-state index < -0.39 is 6.10 Å². The molecule has 1 aromatic rings. The molecule has 1 heterocycles. The standard InChI is InChI=1S/C10H16N2O2/c1-14-7-6-12-8-10(13)9-2-4-11-5-3-9/h2-5,10,12-13H,6-8H2,1H3. The number of pyridine rings is 1. The number of nitrogens with one attached hydrogen (secondary N) is 1. The molecule has 2 N–H and O–H groups in total. The molecule has 0 aromatic carbocycles. The Morgan fingerprint density at radius 3 is 2.86 bits per heavy atom. The zero-order valence-corrected chi connectivity index (χ0v) is 8.31. The maximum absolute atomic E-state index is 9.69. The first-order valence-corrected chi connectivity index (χ1v) is 4.62. The van der Waals surface area contributed by atoms with Crippen LogP contribution in [0.15, 0.2) is 24.5 Å². The number of aliphatic hydroxyl groups excluding tert-OH is 1. The Kier molecular flexibility index (Phi) is 5.14. The smallest absolute Gasteiger partial charge is 0.0915 e. The van der Waals surface area contributed by atoms with E-state index in [-0.39, 0.29) is 0 Å². The van der Waals surface area contributed by atoms with E-state index in [2.05, 4.69) is 10.3 Å². The molecule has 1 rings (SSSR count). The average molecular weight is 196 g/mol. The largest absolute Gasteiger partial charge is 0.387 e. The minimum Gasteiger partial charge on any atom is -0.387 e. The van der Waals surface area contributed by atoms with E-state index in [1.807, 2.05) is 12.1 Å². The van der Waals surface area contributed by atoms with Crippen LogP contribution in [-0.4, -0.2) is 36.9 Å². The fourth-order valence-corrected chi connectivity index (χ4v) is 1.12. The van der Waals surface area contributed by atoms with Gasteiger partial charge in [-0.05, 0) is 17.7 Å². The molecule has 4 nitrogen and oxygen atoms in total. The molecule has 14 heavy (non-hydrogen) atoms. The number of hydrogen-bond donors (Lipinski definition) is 2. The Balaban J connectivity index is 2.25. The van der Waals surface area contributed by atoms with Crippen molar-refractivity contribution < 1.29 is 9.84 Å². The normalized spacial score (nSPS) is 12.7. The molecule has 0 radical (unpaired) electrons. The van der Waals surface area contributed by atoms with Crippen LogP contribution in [0.5, 0.6) is 0 Å². The van der Waals surface area contributed by atoms with Gasteiger partial charge >= 0.3 is 0 Å². The van der Waals surface area contributed by atoms with Gasteiger partial charge in [0.1, 0.15) is 0 Å². The fraction of sp³-hybridized carbons (Fsp3) is 0.500. The summed E-state index contributed by atoms with van der Waals surface area (Å²) in [4.78, 5) is 3.89. The number of rotatable bonds is 6. The highest BCUT2D eigenvalue weighted by atomic mass is 16.5. The lowest BCUT2D eigenvalue weighted by Crippen LogP contribution is -2.24. The molecule has 0 saturated heterocycles. The van der Waals surface area contributed by atoms with Crippen LogP contribution in [0.25, 0.3) is 0 Å². The molecule has 4 heteroatoms. The first kappa shape index (κ1) is 11.1. The molecule has 0 aliphatic carbocycles. The predicted molar refractivity (Wildman–Crippen MR) is 53.9 cm³/mol. The number of nitrogens with zero attached hydrogens (tertiary/aromatic N) is 1. The van der Waals surface area contributed by atoms with Crippen molar-refractivity contribution >= 4 is 0 Å². The summed E-state index contributed by atoms with van der Waals surface area (Å²) in [6.45, 7) is 1.94. The van der Waals surface area contributed by atoms with E-state index in [4.69, 9.17) is 4.74 Å². The third-order valence-electron chi connectivity index (χ3n) is 1.91. The molecule has 1 unspecified atom stereocenters. The summed E-state index contributed by atoms with van der Waals surface area (Å²) in [5.41, 5.74) is 0.880. The highest BCUT2D eigenvalue weighted by molar-refractivity contribution is 5.13. The lowest BCUT2D eigenvalue weighted by molar-refractivity contribution is 0.161. The van der Waals surface area contributed by atoms with Gasteiger partial charge in [0.15, 0.2) is 0 Å². The van der Waals surface area contributed by atoms with Crippen molar-refractivity contribution in [1.29, 1.82) is 0 Å². The second kappa shape index (κ2) is 6.48. The fourth-order valence-electron chi connectivity index (χ4n) is 1.12. The molecule has 0 bridgehead atoms. The Morgan fingerprint density at radius 2 is 2.21 bits per heavy atom. The highest BCUT2D eigenvalue weighted by Gasteiger charge is 2.05. The van der Waals surface area contributed by atoms with Gasteiger partial charge in [0, 0.05) is 32.6 Å². The van der Waals surface area contributed by atoms with Gasteiger partial charge in [0.2, 0.25) is 0 Å². The van der Waals surface area contributed by atoms with Crippen molar-refractivity contribution in [3.8, 4) is 0 Å². The monoisotopic (exact) mass is 196 g/mol. The van der Waals surface area contributed by atoms with E-state index in [9.17, 15) is 5.11 Å². The van der Waals surface area contributed by atoms with Gasteiger partial charge in [-0.15, -0.1) is 0 Å². The van der Waals surface area contributed by atoms with Crippen molar-refractivity contribution in [2.24, 2.45) is 0 Å². The van der Waals surface area contributed by atoms with Crippen LogP contribution in [0.3, 0.4) is 0 Å². The van der Waals surface area contributed by atoms with Crippen LogP contribution < -0.4 is 5.32 Å². The zero-order valence-electron chi connectivity index (χ0n) is 8.31. The first-order chi connectivity index (χ1) is 6.84. The van der Waals surface area contributed by atoms with Crippen LogP contribution in [0.4, 0.5) is 0 Å². The summed E-state index contributed by atoms with van der Waals surface area (Å²) in [7, 11) is 1.65. The van der Waals surface area contributed by atoms with Gasteiger partial charge in [-0.25, -0.2) is 0 Å². The summed E-state index contributed by atoms with van der Waals surface area (Å²) in [6, 6.07) is 3.62. The van der Waals surface area contributed by atoms with E-state index in [1.54, 1.807) is 19.5 Å². The molecular weight excluding hydrogens is 180 g/mol. The number of aromatic nitrogens is 1. The quantitative estimate of drug-likeness (QED) is 0.645. The van der Waals surface area contributed by atoms with E-state index >= 15 is 0 Å². The van der Waals surface area contributed by atoms with Crippen LogP contribution >= 0.6 is 0 Å². The summed E-state index contributed by atoms with van der Waals surface area (Å²) in [6.07, 6.45) is 2.87. The van der Waals surface area contributed by atoms with Crippen molar-refractivity contribution in [3.05, 3.63) is 30.1 Å². The number of aliphatic hydroxyl groups is 1. The summed E-state index contributed by atoms with van der Waals surface area (Å²) >= 11 is 0. The first-order valence-electron chi connectivity index (χ1n) is 4.62. The van der Waals surface area contributed by atoms with E-state index in [1.165, 1.54) is 0 Å². The molecule has 0 spiro atoms. The molecule has 1 atom stereocenters. The van der Waals surface area contributed by atoms with Crippen LogP contribution in [0.1, 0.15) is 11.7 Å². The molecule has 78 valence electrons. The number of ether oxygens (including phenoxy) is 1. The molecule has 1 aromatic heterocycles. The third-order valence-corrected chi connectivity index (χ3v) is 1.91. The summed E-state index contributed by atoms with van der Waals surface area (Å²) in [5.74, 6) is 0.